The zero-order valence-electron chi connectivity index (χ0n) is 20.2. The summed E-state index contributed by atoms with van der Waals surface area (Å²) in [5.41, 5.74) is 1.88. The molecule has 0 bridgehead atoms. The van der Waals surface area contributed by atoms with Crippen molar-refractivity contribution in [3.8, 4) is 11.5 Å². The van der Waals surface area contributed by atoms with Gasteiger partial charge in [-0.25, -0.2) is 8.78 Å². The Kier molecular flexibility index (Phi) is 15.4. The molecule has 0 saturated heterocycles. The molecule has 0 spiro atoms. The molecule has 0 radical (unpaired) electrons. The van der Waals surface area contributed by atoms with Crippen molar-refractivity contribution in [1.82, 2.24) is 4.98 Å². The molecule has 0 unspecified atom stereocenters. The fourth-order valence-electron chi connectivity index (χ4n) is 2.68. The Hall–Kier alpha value is -1.79. The number of aromatic nitrogens is 1. The summed E-state index contributed by atoms with van der Waals surface area (Å²) >= 11 is 1.97. The van der Waals surface area contributed by atoms with Gasteiger partial charge >= 0.3 is 59.4 Å². The Bertz CT molecular complexity index is 960. The van der Waals surface area contributed by atoms with Crippen molar-refractivity contribution in [2.75, 3.05) is 0 Å². The summed E-state index contributed by atoms with van der Waals surface area (Å²) in [6, 6.07) is 13.9. The van der Waals surface area contributed by atoms with Crippen LogP contribution in [0.15, 0.2) is 60.8 Å². The van der Waals surface area contributed by atoms with Crippen LogP contribution in [0, 0.1) is 11.6 Å². The number of hydrogen-bond acceptors (Lipinski definition) is 3. The number of rotatable bonds is 1. The Morgan fingerprint density at radius 3 is 1.38 bits per heavy atom. The van der Waals surface area contributed by atoms with Crippen LogP contribution in [0.2, 0.25) is 0 Å². The quantitative estimate of drug-likeness (QED) is 0.436. The molecule has 2 N–H and O–H groups in total. The van der Waals surface area contributed by atoms with Crippen molar-refractivity contribution in [1.29, 1.82) is 0 Å². The molecule has 3 aromatic rings. The van der Waals surface area contributed by atoms with E-state index in [9.17, 15) is 19.0 Å². The molecule has 3 nitrogen and oxygen atoms in total. The van der Waals surface area contributed by atoms with Crippen molar-refractivity contribution >= 4 is 4.31 Å². The van der Waals surface area contributed by atoms with Crippen LogP contribution >= 0.6 is 0 Å². The molecule has 0 atom stereocenters. The molecule has 186 valence electrons. The van der Waals surface area contributed by atoms with Crippen molar-refractivity contribution in [3.63, 3.8) is 0 Å². The normalized spacial score (nSPS) is 10.2. The summed E-state index contributed by atoms with van der Waals surface area (Å²) in [5, 5.41) is 18.8. The standard InChI is InChI=1S/2C10H13FO.C6H5N.2ClH.Ti/c2*1-10(2,3)8-6-7(11)4-5-9(8)12;1-6-4-2-3-5-7-6;;;/h2*4-6,12H,1-3H3;1-5H;2*1H;/p-2. The van der Waals surface area contributed by atoms with E-state index >= 15 is 0 Å². The van der Waals surface area contributed by atoms with E-state index in [4.69, 9.17) is 0 Å². The van der Waals surface area contributed by atoms with Crippen molar-refractivity contribution in [2.24, 2.45) is 0 Å². The molecular weight excluding hydrogens is 515 g/mol. The fourth-order valence-corrected chi connectivity index (χ4v) is 2.95. The second-order valence-corrected chi connectivity index (χ2v) is 9.67. The van der Waals surface area contributed by atoms with Crippen molar-refractivity contribution in [2.45, 2.75) is 52.4 Å². The Labute approximate surface area is 225 Å². The number of pyridine rings is 1. The number of aromatic hydroxyl groups is 2. The second-order valence-electron chi connectivity index (χ2n) is 9.22. The predicted octanol–water partition coefficient (Wildman–Crippen LogP) is 0.444. The van der Waals surface area contributed by atoms with E-state index in [-0.39, 0.29) is 58.8 Å². The van der Waals surface area contributed by atoms with Crippen LogP contribution in [0.3, 0.4) is 0 Å². The van der Waals surface area contributed by atoms with Crippen LogP contribution in [0.4, 0.5) is 8.78 Å². The van der Waals surface area contributed by atoms with Crippen LogP contribution in [0.25, 0.3) is 0 Å². The first-order chi connectivity index (χ1) is 14.8. The second kappa shape index (κ2) is 15.3. The van der Waals surface area contributed by atoms with Gasteiger partial charge in [0, 0.05) is 11.1 Å². The molecule has 8 heteroatoms. The maximum absolute atomic E-state index is 12.8. The molecule has 0 aliphatic rings. The van der Waals surface area contributed by atoms with Gasteiger partial charge in [0.2, 0.25) is 0 Å². The van der Waals surface area contributed by atoms with Crippen molar-refractivity contribution in [3.05, 3.63) is 89.2 Å². The monoisotopic (exact) mass is 545 g/mol. The van der Waals surface area contributed by atoms with Crippen LogP contribution < -0.4 is 24.8 Å². The fraction of sp³-hybridized carbons (Fsp3) is 0.308. The predicted molar refractivity (Wildman–Crippen MR) is 123 cm³/mol. The first-order valence-corrected chi connectivity index (χ1v) is 11.1. The van der Waals surface area contributed by atoms with E-state index in [1.54, 1.807) is 6.20 Å². The Morgan fingerprint density at radius 2 is 1.15 bits per heavy atom. The maximum atomic E-state index is 12.8. The summed E-state index contributed by atoms with van der Waals surface area (Å²) in [6.07, 6.45) is 1.79. The molecule has 0 saturated carbocycles. The average Bonchev–Trinajstić information content (AvgIpc) is 2.71. The van der Waals surface area contributed by atoms with Gasteiger partial charge in [-0.2, -0.15) is 0 Å². The first-order valence-electron chi connectivity index (χ1n) is 10.1. The third kappa shape index (κ3) is 12.1. The summed E-state index contributed by atoms with van der Waals surface area (Å²) in [6.45, 7) is 11.6. The zero-order chi connectivity index (χ0) is 24.5. The summed E-state index contributed by atoms with van der Waals surface area (Å²) in [5.74, 6) is -0.303. The number of hydrogen-bond donors (Lipinski definition) is 2. The van der Waals surface area contributed by atoms with Gasteiger partial charge in [0.15, 0.2) is 0 Å². The molecule has 2 aromatic carbocycles. The molecule has 0 aliphatic heterocycles. The topological polar surface area (TPSA) is 53.4 Å². The molecule has 1 aromatic heterocycles. The Balaban J connectivity index is 0. The molecule has 3 rings (SSSR count). The van der Waals surface area contributed by atoms with Gasteiger partial charge in [-0.15, -0.1) is 0 Å². The van der Waals surface area contributed by atoms with Gasteiger partial charge in [-0.1, -0.05) is 41.5 Å². The van der Waals surface area contributed by atoms with Gasteiger partial charge in [0.05, 0.1) is 0 Å². The number of benzene rings is 2. The van der Waals surface area contributed by atoms with E-state index in [2.05, 4.69) is 4.98 Å². The number of nitrogens with zero attached hydrogens (tertiary/aromatic N) is 1. The van der Waals surface area contributed by atoms with E-state index in [0.717, 1.165) is 5.69 Å². The number of phenolic OH excluding ortho intramolecular Hbond substituents is 2. The van der Waals surface area contributed by atoms with E-state index in [0.29, 0.717) is 11.1 Å². The molecule has 0 aliphatic carbocycles. The van der Waals surface area contributed by atoms with Crippen LogP contribution in [-0.2, 0) is 30.8 Å². The average molecular weight is 546 g/mol. The third-order valence-electron chi connectivity index (χ3n) is 4.37. The molecule has 0 amide bonds. The van der Waals surface area contributed by atoms with Crippen LogP contribution in [-0.4, -0.2) is 19.5 Å². The zero-order valence-corrected chi connectivity index (χ0v) is 23.3. The van der Waals surface area contributed by atoms with Gasteiger partial charge in [-0.3, -0.25) is 0 Å². The minimum absolute atomic E-state index is 0. The van der Waals surface area contributed by atoms with Crippen LogP contribution in [0.5, 0.6) is 11.5 Å². The SMILES string of the molecule is CC(C)(C)c1cc(F)ccc1O.CC(C)(C)c1cc(F)ccc1O.[Cl-].[Cl-].[Ti]=[CH]c1ccccn1. The summed E-state index contributed by atoms with van der Waals surface area (Å²) in [4.78, 5) is 4.04. The third-order valence-corrected chi connectivity index (χ3v) is 4.83. The van der Waals surface area contributed by atoms with Gasteiger partial charge in [-0.05, 0) is 47.2 Å². The molecule has 34 heavy (non-hydrogen) atoms. The Morgan fingerprint density at radius 1 is 0.735 bits per heavy atom. The number of halogens is 4. The van der Waals surface area contributed by atoms with E-state index < -0.39 is 0 Å². The van der Waals surface area contributed by atoms with Gasteiger partial charge < -0.3 is 35.0 Å². The minimum atomic E-state index is -0.308. The number of phenols is 2. The van der Waals surface area contributed by atoms with Gasteiger partial charge in [0.1, 0.15) is 23.1 Å². The molecule has 0 fully saturated rings. The van der Waals surface area contributed by atoms with E-state index in [1.807, 2.05) is 84.0 Å². The van der Waals surface area contributed by atoms with Crippen molar-refractivity contribution < 1.29 is 63.8 Å². The molecule has 1 heterocycles. The first kappa shape index (κ1) is 34.4. The summed E-state index contributed by atoms with van der Waals surface area (Å²) in [7, 11) is 0. The van der Waals surface area contributed by atoms with Crippen LogP contribution in [0.1, 0.15) is 58.4 Å². The summed E-state index contributed by atoms with van der Waals surface area (Å²) < 4.78 is 27.5. The molecular formula is C26H31Cl2F2NO2Ti-2. The van der Waals surface area contributed by atoms with Gasteiger partial charge in [0.25, 0.3) is 0 Å². The van der Waals surface area contributed by atoms with E-state index in [1.165, 1.54) is 36.4 Å².